The van der Waals surface area contributed by atoms with Crippen LogP contribution in [0.5, 0.6) is 17.2 Å². The van der Waals surface area contributed by atoms with E-state index in [1.807, 2.05) is 20.8 Å². The van der Waals surface area contributed by atoms with Crippen LogP contribution in [0.3, 0.4) is 0 Å². The first-order valence-electron chi connectivity index (χ1n) is 9.27. The molecule has 1 aromatic carbocycles. The largest absolute Gasteiger partial charge is 0.493 e. The number of ether oxygens (including phenoxy) is 4. The molecule has 0 spiro atoms. The van der Waals surface area contributed by atoms with Crippen LogP contribution in [0, 0.1) is 5.92 Å². The fraction of sp³-hybridized carbons (Fsp3) is 0.600. The average molecular weight is 394 g/mol. The summed E-state index contributed by atoms with van der Waals surface area (Å²) in [4.78, 5) is 26.5. The lowest BCUT2D eigenvalue weighted by Gasteiger charge is -2.33. The van der Waals surface area contributed by atoms with Gasteiger partial charge in [-0.15, -0.1) is 0 Å². The van der Waals surface area contributed by atoms with Crippen LogP contribution in [0.15, 0.2) is 12.1 Å². The second-order valence-electron chi connectivity index (χ2n) is 7.64. The summed E-state index contributed by atoms with van der Waals surface area (Å²) in [6, 6.07) is 3.38. The second-order valence-corrected chi connectivity index (χ2v) is 7.64. The summed E-state index contributed by atoms with van der Waals surface area (Å²) >= 11 is 0. The number of carbonyl (C=O) groups excluding carboxylic acids is 2. The summed E-state index contributed by atoms with van der Waals surface area (Å²) in [5, 5.41) is 2.91. The summed E-state index contributed by atoms with van der Waals surface area (Å²) < 4.78 is 21.3. The highest BCUT2D eigenvalue weighted by atomic mass is 16.6. The number of benzene rings is 1. The first kappa shape index (κ1) is 21.7. The van der Waals surface area contributed by atoms with Crippen molar-refractivity contribution in [3.63, 3.8) is 0 Å². The van der Waals surface area contributed by atoms with E-state index in [1.54, 1.807) is 17.0 Å². The molecule has 1 aliphatic heterocycles. The summed E-state index contributed by atoms with van der Waals surface area (Å²) in [6.07, 6.45) is 0.821. The fourth-order valence-corrected chi connectivity index (χ4v) is 3.05. The number of amides is 2. The molecule has 8 heteroatoms. The van der Waals surface area contributed by atoms with Gasteiger partial charge in [0.2, 0.25) is 11.7 Å². The molecule has 0 bridgehead atoms. The highest BCUT2D eigenvalue weighted by Gasteiger charge is 2.30. The number of carbonyl (C=O) groups is 2. The first-order chi connectivity index (χ1) is 13.2. The molecule has 0 aromatic heterocycles. The third kappa shape index (κ3) is 5.43. The number of hydrogen-bond donors (Lipinski definition) is 1. The molecule has 1 saturated heterocycles. The van der Waals surface area contributed by atoms with Crippen molar-refractivity contribution in [2.75, 3.05) is 39.7 Å². The molecular weight excluding hydrogens is 364 g/mol. The third-order valence-electron chi connectivity index (χ3n) is 4.45. The average Bonchev–Trinajstić information content (AvgIpc) is 2.65. The third-order valence-corrected chi connectivity index (χ3v) is 4.45. The summed E-state index contributed by atoms with van der Waals surface area (Å²) in [5.41, 5.74) is 0.0340. The molecule has 0 saturated carbocycles. The minimum Gasteiger partial charge on any atom is -0.493 e. The topological polar surface area (TPSA) is 86.3 Å². The Morgan fingerprint density at radius 1 is 1.00 bits per heavy atom. The Bertz CT molecular complexity index is 680. The van der Waals surface area contributed by atoms with E-state index in [9.17, 15) is 9.59 Å². The van der Waals surface area contributed by atoms with E-state index in [0.717, 1.165) is 0 Å². The van der Waals surface area contributed by atoms with Crippen molar-refractivity contribution in [1.29, 1.82) is 0 Å². The van der Waals surface area contributed by atoms with Gasteiger partial charge in [-0.1, -0.05) is 0 Å². The van der Waals surface area contributed by atoms with Gasteiger partial charge in [-0.25, -0.2) is 4.79 Å². The molecule has 0 unspecified atom stereocenters. The van der Waals surface area contributed by atoms with Crippen molar-refractivity contribution in [1.82, 2.24) is 4.90 Å². The van der Waals surface area contributed by atoms with E-state index in [1.165, 1.54) is 21.3 Å². The van der Waals surface area contributed by atoms with Crippen LogP contribution in [-0.2, 0) is 9.53 Å². The number of anilines is 1. The minimum absolute atomic E-state index is 0.0990. The Morgan fingerprint density at radius 2 is 1.54 bits per heavy atom. The van der Waals surface area contributed by atoms with Gasteiger partial charge in [0, 0.05) is 36.8 Å². The molecule has 1 aromatic rings. The molecule has 0 radical (unpaired) electrons. The Kier molecular flexibility index (Phi) is 6.99. The number of rotatable bonds is 5. The van der Waals surface area contributed by atoms with Gasteiger partial charge >= 0.3 is 6.09 Å². The molecular formula is C20H30N2O6. The van der Waals surface area contributed by atoms with E-state index in [4.69, 9.17) is 18.9 Å². The minimum atomic E-state index is -0.530. The normalized spacial score (nSPS) is 15.0. The molecule has 1 fully saturated rings. The molecule has 1 N–H and O–H groups in total. The second kappa shape index (κ2) is 9.03. The zero-order valence-electron chi connectivity index (χ0n) is 17.5. The zero-order valence-corrected chi connectivity index (χ0v) is 17.5. The molecule has 0 aliphatic carbocycles. The number of methoxy groups -OCH3 is 3. The Balaban J connectivity index is 1.99. The Morgan fingerprint density at radius 3 is 1.96 bits per heavy atom. The van der Waals surface area contributed by atoms with Gasteiger partial charge in [0.05, 0.1) is 21.3 Å². The monoisotopic (exact) mass is 394 g/mol. The maximum absolute atomic E-state index is 12.7. The molecule has 8 nitrogen and oxygen atoms in total. The summed E-state index contributed by atoms with van der Waals surface area (Å²) in [7, 11) is 4.57. The lowest BCUT2D eigenvalue weighted by Crippen LogP contribution is -2.43. The molecule has 28 heavy (non-hydrogen) atoms. The van der Waals surface area contributed by atoms with Crippen LogP contribution in [0.25, 0.3) is 0 Å². The lowest BCUT2D eigenvalue weighted by atomic mass is 9.96. The number of nitrogens with zero attached hydrogens (tertiary/aromatic N) is 1. The molecule has 1 aliphatic rings. The van der Waals surface area contributed by atoms with E-state index >= 15 is 0 Å². The summed E-state index contributed by atoms with van der Waals surface area (Å²) in [6.45, 7) is 6.48. The fourth-order valence-electron chi connectivity index (χ4n) is 3.05. The van der Waals surface area contributed by atoms with Crippen molar-refractivity contribution in [2.24, 2.45) is 5.92 Å². The van der Waals surface area contributed by atoms with Gasteiger partial charge in [0.25, 0.3) is 0 Å². The van der Waals surface area contributed by atoms with Crippen molar-refractivity contribution in [2.45, 2.75) is 39.2 Å². The van der Waals surface area contributed by atoms with Gasteiger partial charge in [0.15, 0.2) is 11.5 Å². The van der Waals surface area contributed by atoms with E-state index < -0.39 is 5.60 Å². The van der Waals surface area contributed by atoms with Crippen molar-refractivity contribution in [3.8, 4) is 17.2 Å². The van der Waals surface area contributed by atoms with E-state index in [-0.39, 0.29) is 17.9 Å². The number of hydrogen-bond acceptors (Lipinski definition) is 6. The quantitative estimate of drug-likeness (QED) is 0.825. The maximum atomic E-state index is 12.7. The predicted octanol–water partition coefficient (Wildman–Crippen LogP) is 3.30. The number of likely N-dealkylation sites (tertiary alicyclic amines) is 1. The molecule has 2 amide bonds. The van der Waals surface area contributed by atoms with E-state index in [2.05, 4.69) is 5.32 Å². The van der Waals surface area contributed by atoms with Crippen LogP contribution in [0.4, 0.5) is 10.5 Å². The molecule has 1 heterocycles. The van der Waals surface area contributed by atoms with Crippen LogP contribution in [0.1, 0.15) is 33.6 Å². The zero-order chi connectivity index (χ0) is 20.9. The van der Waals surface area contributed by atoms with Crippen LogP contribution in [-0.4, -0.2) is 56.9 Å². The number of nitrogens with one attached hydrogen (secondary N) is 1. The predicted molar refractivity (Wildman–Crippen MR) is 105 cm³/mol. The summed E-state index contributed by atoms with van der Waals surface area (Å²) in [5.74, 6) is 1.12. The standard InChI is InChI=1S/C20H30N2O6/c1-20(2,3)28-19(24)22-9-7-13(8-10-22)18(23)21-14-11-15(25-4)17(27-6)16(12-14)26-5/h11-13H,7-10H2,1-6H3,(H,21,23). The van der Waals surface area contributed by atoms with Gasteiger partial charge < -0.3 is 29.2 Å². The van der Waals surface area contributed by atoms with E-state index in [0.29, 0.717) is 48.9 Å². The lowest BCUT2D eigenvalue weighted by molar-refractivity contribution is -0.121. The van der Waals surface area contributed by atoms with Gasteiger partial charge in [-0.3, -0.25) is 4.79 Å². The number of piperidine rings is 1. The van der Waals surface area contributed by atoms with Crippen molar-refractivity contribution in [3.05, 3.63) is 12.1 Å². The molecule has 156 valence electrons. The van der Waals surface area contributed by atoms with Crippen LogP contribution >= 0.6 is 0 Å². The highest BCUT2D eigenvalue weighted by molar-refractivity contribution is 5.93. The van der Waals surface area contributed by atoms with Gasteiger partial charge in [0.1, 0.15) is 5.60 Å². The highest BCUT2D eigenvalue weighted by Crippen LogP contribution is 2.40. The van der Waals surface area contributed by atoms with Gasteiger partial charge in [-0.05, 0) is 33.6 Å². The maximum Gasteiger partial charge on any atom is 0.410 e. The first-order valence-corrected chi connectivity index (χ1v) is 9.27. The molecule has 0 atom stereocenters. The Labute approximate surface area is 166 Å². The van der Waals surface area contributed by atoms with Crippen LogP contribution in [0.2, 0.25) is 0 Å². The molecule has 2 rings (SSSR count). The van der Waals surface area contributed by atoms with Gasteiger partial charge in [-0.2, -0.15) is 0 Å². The van der Waals surface area contributed by atoms with Crippen molar-refractivity contribution < 1.29 is 28.5 Å². The SMILES string of the molecule is COc1cc(NC(=O)C2CCN(C(=O)OC(C)(C)C)CC2)cc(OC)c1OC. The van der Waals surface area contributed by atoms with Crippen LogP contribution < -0.4 is 19.5 Å². The smallest absolute Gasteiger partial charge is 0.410 e. The Hall–Kier alpha value is -2.64. The van der Waals surface area contributed by atoms with Crippen molar-refractivity contribution >= 4 is 17.7 Å².